The smallest absolute Gasteiger partial charge is 0.410 e. The number of aliphatic hydroxyl groups excluding tert-OH is 1. The van der Waals surface area contributed by atoms with Crippen LogP contribution in [0.15, 0.2) is 18.2 Å². The van der Waals surface area contributed by atoms with E-state index >= 15 is 0 Å². The minimum Gasteiger partial charge on any atom is -0.444 e. The Morgan fingerprint density at radius 3 is 2.23 bits per heavy atom. The number of amides is 1. The number of aliphatic hydroxyl groups is 1. The Morgan fingerprint density at radius 2 is 1.70 bits per heavy atom. The molecule has 1 aromatic carbocycles. The average molecular weight is 676 g/mol. The Labute approximate surface area is 281 Å². The van der Waals surface area contributed by atoms with Gasteiger partial charge in [-0.1, -0.05) is 37.6 Å². The highest BCUT2D eigenvalue weighted by atomic mass is 32.2. The van der Waals surface area contributed by atoms with E-state index < -0.39 is 26.9 Å². The molecule has 2 heterocycles. The number of piperazine rings is 1. The van der Waals surface area contributed by atoms with Crippen molar-refractivity contribution in [3.8, 4) is 0 Å². The molecule has 2 bridgehead atoms. The highest BCUT2D eigenvalue weighted by Crippen LogP contribution is 2.64. The highest BCUT2D eigenvalue weighted by molar-refractivity contribution is 7.85. The van der Waals surface area contributed by atoms with E-state index in [-0.39, 0.29) is 40.9 Å². The van der Waals surface area contributed by atoms with Crippen molar-refractivity contribution in [2.45, 2.75) is 123 Å². The normalized spacial score (nSPS) is 32.1. The molecule has 5 aliphatic rings. The molecule has 11 heteroatoms. The monoisotopic (exact) mass is 675 g/mol. The summed E-state index contributed by atoms with van der Waals surface area (Å²) in [5.41, 5.74) is 2.40. The summed E-state index contributed by atoms with van der Waals surface area (Å²) in [6, 6.07) is 7.10. The number of benzene rings is 1. The van der Waals surface area contributed by atoms with Crippen molar-refractivity contribution in [3.05, 3.63) is 34.9 Å². The number of fused-ring (bicyclic) bond motifs is 3. The average Bonchev–Trinajstić information content (AvgIpc) is 3.45. The fourth-order valence-corrected chi connectivity index (χ4v) is 10.6. The Bertz CT molecular complexity index is 1460. The second kappa shape index (κ2) is 12.7. The lowest BCUT2D eigenvalue weighted by molar-refractivity contribution is -0.128. The van der Waals surface area contributed by atoms with E-state index in [0.29, 0.717) is 18.9 Å². The second-order valence-corrected chi connectivity index (χ2v) is 18.3. The summed E-state index contributed by atoms with van der Waals surface area (Å²) < 4.78 is 36.5. The van der Waals surface area contributed by atoms with Crippen molar-refractivity contribution in [2.24, 2.45) is 16.7 Å². The number of Topliss-reactive ketones (excluding diaryl/α,β-unsaturated/α-hetero) is 1. The third-order valence-electron chi connectivity index (χ3n) is 12.3. The number of likely N-dealkylation sites (tertiary alicyclic amines) is 1. The molecule has 10 nitrogen and oxygen atoms in total. The van der Waals surface area contributed by atoms with Crippen LogP contribution in [-0.4, -0.2) is 106 Å². The summed E-state index contributed by atoms with van der Waals surface area (Å²) in [7, 11) is -4.08. The van der Waals surface area contributed by atoms with E-state index in [1.54, 1.807) is 0 Å². The van der Waals surface area contributed by atoms with Crippen molar-refractivity contribution in [1.82, 2.24) is 14.7 Å². The summed E-state index contributed by atoms with van der Waals surface area (Å²) in [6.45, 7) is 20.9. The number of nitrogens with zero attached hydrogens (tertiary/aromatic N) is 3. The minimum absolute atomic E-state index is 0.0152. The fourth-order valence-electron chi connectivity index (χ4n) is 9.25. The SMILES string of the molecule is CC1(C)C2CC[C@]1(CS(=O)(=O)O)C(=O)C2.Cc1ccc2c(c1)C[C@@H](O)[C@@H]2N1CCN(C2(C)CCN(C(=O)OC(C)(C)C)CC2)C[C@@H]1C. The standard InChI is InChI=1S/C26H41N3O3.C10H16O4S/c1-18-7-8-21-20(15-18)16-22(30)23(21)29-14-13-28(17-19(29)2)26(6)9-11-27(12-10-26)24(31)32-25(3,4)5;1-9(2)7-3-4-10(9,8(11)5-7)6-15(12,13)14/h7-8,15,19,22-23,30H,9-14,16-17H2,1-6H3;7H,3-6H2,1-2H3,(H,12,13,14)/t19-,22+,23+;7?,10-/m00/s1. The molecular formula is C36H57N3O7S. The zero-order valence-electron chi connectivity index (χ0n) is 29.7. The third-order valence-corrected chi connectivity index (χ3v) is 13.1. The Hall–Kier alpha value is -2.05. The zero-order valence-corrected chi connectivity index (χ0v) is 30.5. The molecule has 5 atom stereocenters. The van der Waals surface area contributed by atoms with E-state index in [1.165, 1.54) is 16.7 Å². The molecule has 1 unspecified atom stereocenters. The van der Waals surface area contributed by atoms with Gasteiger partial charge in [0.15, 0.2) is 0 Å². The maximum Gasteiger partial charge on any atom is 0.410 e. The molecular weight excluding hydrogens is 618 g/mol. The number of piperidine rings is 1. The van der Waals surface area contributed by atoms with Crippen LogP contribution in [0.4, 0.5) is 4.79 Å². The molecule has 4 fully saturated rings. The predicted octanol–water partition coefficient (Wildman–Crippen LogP) is 5.02. The van der Waals surface area contributed by atoms with Gasteiger partial charge in [0.05, 0.1) is 23.3 Å². The molecule has 3 aliphatic carbocycles. The van der Waals surface area contributed by atoms with Crippen LogP contribution >= 0.6 is 0 Å². The van der Waals surface area contributed by atoms with E-state index in [4.69, 9.17) is 9.29 Å². The van der Waals surface area contributed by atoms with Gasteiger partial charge in [0.25, 0.3) is 10.1 Å². The lowest BCUT2D eigenvalue weighted by Crippen LogP contribution is -2.62. The minimum atomic E-state index is -4.08. The first-order valence-corrected chi connectivity index (χ1v) is 19.0. The van der Waals surface area contributed by atoms with Crippen molar-refractivity contribution in [2.75, 3.05) is 38.5 Å². The largest absolute Gasteiger partial charge is 0.444 e. The number of aryl methyl sites for hydroxylation is 1. The Morgan fingerprint density at radius 1 is 1.04 bits per heavy atom. The van der Waals surface area contributed by atoms with Gasteiger partial charge in [-0.15, -0.1) is 0 Å². The van der Waals surface area contributed by atoms with Gasteiger partial charge >= 0.3 is 6.09 Å². The zero-order chi connectivity index (χ0) is 34.7. The topological polar surface area (TPSA) is 128 Å². The van der Waals surface area contributed by atoms with E-state index in [0.717, 1.165) is 58.4 Å². The number of ether oxygens (including phenoxy) is 1. The molecule has 1 amide bonds. The third kappa shape index (κ3) is 7.16. The molecule has 0 aromatic heterocycles. The first kappa shape index (κ1) is 36.2. The van der Waals surface area contributed by atoms with Crippen LogP contribution in [0.2, 0.25) is 0 Å². The van der Waals surface area contributed by atoms with Gasteiger partial charge in [-0.25, -0.2) is 4.79 Å². The van der Waals surface area contributed by atoms with Crippen molar-refractivity contribution >= 4 is 22.0 Å². The molecule has 0 spiro atoms. The van der Waals surface area contributed by atoms with E-state index in [2.05, 4.69) is 48.8 Å². The lowest BCUT2D eigenvalue weighted by atomic mass is 9.70. The number of ketones is 1. The molecule has 0 radical (unpaired) electrons. The van der Waals surface area contributed by atoms with E-state index in [9.17, 15) is 23.1 Å². The molecule has 2 saturated carbocycles. The number of hydrogen-bond acceptors (Lipinski definition) is 8. The summed E-state index contributed by atoms with van der Waals surface area (Å²) in [5, 5.41) is 10.9. The van der Waals surface area contributed by atoms with Gasteiger partial charge in [-0.2, -0.15) is 8.42 Å². The van der Waals surface area contributed by atoms with Crippen LogP contribution in [0.1, 0.15) is 103 Å². The quantitative estimate of drug-likeness (QED) is 0.423. The van der Waals surface area contributed by atoms with Gasteiger partial charge in [0.2, 0.25) is 0 Å². The fraction of sp³-hybridized carbons (Fsp3) is 0.778. The molecule has 264 valence electrons. The maximum absolute atomic E-state index is 12.5. The number of hydrogen-bond donors (Lipinski definition) is 2. The van der Waals surface area contributed by atoms with Gasteiger partial charge in [0.1, 0.15) is 11.4 Å². The number of carbonyl (C=O) groups excluding carboxylic acids is 2. The maximum atomic E-state index is 12.5. The predicted molar refractivity (Wildman–Crippen MR) is 182 cm³/mol. The first-order valence-electron chi connectivity index (χ1n) is 17.4. The van der Waals surface area contributed by atoms with E-state index in [1.807, 2.05) is 39.5 Å². The van der Waals surface area contributed by atoms with Gasteiger partial charge in [0, 0.05) is 57.1 Å². The molecule has 2 aliphatic heterocycles. The van der Waals surface area contributed by atoms with Gasteiger partial charge in [-0.3, -0.25) is 19.1 Å². The summed E-state index contributed by atoms with van der Waals surface area (Å²) in [5.74, 6) is -0.101. The van der Waals surface area contributed by atoms with Crippen LogP contribution in [0.3, 0.4) is 0 Å². The Kier molecular flexibility index (Phi) is 9.78. The summed E-state index contributed by atoms with van der Waals surface area (Å²) >= 11 is 0. The van der Waals surface area contributed by atoms with Crippen molar-refractivity contribution in [1.29, 1.82) is 0 Å². The van der Waals surface area contributed by atoms with Crippen LogP contribution in [0, 0.1) is 23.7 Å². The Balaban J connectivity index is 0.000000241. The highest BCUT2D eigenvalue weighted by Gasteiger charge is 2.65. The summed E-state index contributed by atoms with van der Waals surface area (Å²) in [4.78, 5) is 31.3. The van der Waals surface area contributed by atoms with Gasteiger partial charge < -0.3 is 14.7 Å². The molecule has 1 aromatic rings. The molecule has 2 saturated heterocycles. The molecule has 47 heavy (non-hydrogen) atoms. The molecule has 6 rings (SSSR count). The number of rotatable bonds is 4. The summed E-state index contributed by atoms with van der Waals surface area (Å²) in [6.07, 6.45) is 4.14. The lowest BCUT2D eigenvalue weighted by Gasteiger charge is -2.52. The van der Waals surface area contributed by atoms with Gasteiger partial charge in [-0.05, 0) is 89.7 Å². The second-order valence-electron chi connectivity index (χ2n) is 16.8. The molecule has 2 N–H and O–H groups in total. The van der Waals surface area contributed by atoms with Crippen molar-refractivity contribution < 1.29 is 32.4 Å². The van der Waals surface area contributed by atoms with Crippen LogP contribution in [0.5, 0.6) is 0 Å². The van der Waals surface area contributed by atoms with Crippen LogP contribution < -0.4 is 0 Å². The van der Waals surface area contributed by atoms with Crippen LogP contribution in [-0.2, 0) is 26.1 Å². The van der Waals surface area contributed by atoms with Crippen LogP contribution in [0.25, 0.3) is 0 Å². The van der Waals surface area contributed by atoms with Crippen molar-refractivity contribution in [3.63, 3.8) is 0 Å². The number of carbonyl (C=O) groups is 2. The first-order chi connectivity index (χ1) is 21.7.